The number of rotatable bonds is 8. The fourth-order valence-electron chi connectivity index (χ4n) is 4.17. The van der Waals surface area contributed by atoms with Crippen LogP contribution in [0.2, 0.25) is 0 Å². The number of guanidine groups is 1. The van der Waals surface area contributed by atoms with Gasteiger partial charge in [-0.1, -0.05) is 19.8 Å². The summed E-state index contributed by atoms with van der Waals surface area (Å²) < 4.78 is 5.14. The molecule has 2 fully saturated rings. The van der Waals surface area contributed by atoms with Crippen molar-refractivity contribution in [3.05, 3.63) is 0 Å². The third-order valence-electron chi connectivity index (χ3n) is 6.02. The second-order valence-corrected chi connectivity index (χ2v) is 7.59. The summed E-state index contributed by atoms with van der Waals surface area (Å²) >= 11 is 0. The van der Waals surface area contributed by atoms with Gasteiger partial charge in [0, 0.05) is 53.0 Å². The van der Waals surface area contributed by atoms with Gasteiger partial charge in [-0.25, -0.2) is 0 Å². The number of methoxy groups -OCH3 is 1. The molecule has 2 N–H and O–H groups in total. The first-order chi connectivity index (χ1) is 11.7. The number of aliphatic imine (C=N–C) groups is 1. The van der Waals surface area contributed by atoms with E-state index in [4.69, 9.17) is 4.74 Å². The van der Waals surface area contributed by atoms with Crippen LogP contribution in [0.1, 0.15) is 58.3 Å². The largest absolute Gasteiger partial charge is 0.385 e. The Morgan fingerprint density at radius 1 is 1.24 bits per heavy atom. The van der Waals surface area contributed by atoms with Gasteiger partial charge in [-0.05, 0) is 43.9 Å². The average Bonchev–Trinajstić information content (AvgIpc) is 3.09. The van der Waals surface area contributed by atoms with Gasteiger partial charge in [-0.3, -0.25) is 4.99 Å². The van der Waals surface area contributed by atoms with Gasteiger partial charge >= 0.3 is 0 Å². The van der Waals surface area contributed by atoms with Gasteiger partial charge in [0.15, 0.2) is 5.96 Å². The van der Waals surface area contributed by atoms with E-state index >= 15 is 0 Å². The van der Waals surface area contributed by atoms with E-state index < -0.39 is 0 Å². The number of piperidine rings is 1. The van der Waals surface area contributed by atoms with Crippen LogP contribution in [0.25, 0.3) is 0 Å². The van der Waals surface area contributed by atoms with Gasteiger partial charge < -0.3 is 20.3 Å². The van der Waals surface area contributed by atoms with Crippen LogP contribution in [0.5, 0.6) is 0 Å². The Balaban J connectivity index is 0.00000312. The van der Waals surface area contributed by atoms with E-state index in [1.54, 1.807) is 7.11 Å². The molecule has 0 aromatic rings. The first-order valence-corrected chi connectivity index (χ1v) is 9.90. The average molecular weight is 466 g/mol. The maximum atomic E-state index is 5.14. The predicted octanol–water partition coefficient (Wildman–Crippen LogP) is 3.24. The van der Waals surface area contributed by atoms with Gasteiger partial charge in [0.25, 0.3) is 0 Å². The van der Waals surface area contributed by atoms with Crippen LogP contribution < -0.4 is 10.6 Å². The molecule has 0 radical (unpaired) electrons. The summed E-state index contributed by atoms with van der Waals surface area (Å²) in [5.41, 5.74) is 0.502. The SMILES string of the molecule is CCC1(CNC(=NC)NC2CCN(CCCOC)CC2)CCCC1.I. The summed E-state index contributed by atoms with van der Waals surface area (Å²) in [6.45, 7) is 7.79. The summed E-state index contributed by atoms with van der Waals surface area (Å²) in [5.74, 6) is 0.993. The lowest BCUT2D eigenvalue weighted by atomic mass is 9.83. The Kier molecular flexibility index (Phi) is 11.3. The van der Waals surface area contributed by atoms with Crippen molar-refractivity contribution in [2.45, 2.75) is 64.3 Å². The van der Waals surface area contributed by atoms with Crippen LogP contribution in [-0.4, -0.2) is 63.8 Å². The number of nitrogens with zero attached hydrogens (tertiary/aromatic N) is 2. The van der Waals surface area contributed by atoms with Gasteiger partial charge in [-0.15, -0.1) is 24.0 Å². The Morgan fingerprint density at radius 2 is 1.92 bits per heavy atom. The molecule has 0 aromatic carbocycles. The van der Waals surface area contributed by atoms with Crippen LogP contribution in [0.4, 0.5) is 0 Å². The zero-order chi connectivity index (χ0) is 17.3. The lowest BCUT2D eigenvalue weighted by Gasteiger charge is -2.34. The van der Waals surface area contributed by atoms with Gasteiger partial charge in [0.1, 0.15) is 0 Å². The molecule has 0 bridgehead atoms. The highest BCUT2D eigenvalue weighted by Crippen LogP contribution is 2.40. The number of likely N-dealkylation sites (tertiary alicyclic amines) is 1. The van der Waals surface area contributed by atoms with Crippen molar-refractivity contribution in [2.24, 2.45) is 10.4 Å². The summed E-state index contributed by atoms with van der Waals surface area (Å²) in [6.07, 6.45) is 10.3. The molecule has 0 atom stereocenters. The highest BCUT2D eigenvalue weighted by atomic mass is 127. The summed E-state index contributed by atoms with van der Waals surface area (Å²) in [4.78, 5) is 7.01. The number of halogens is 1. The standard InChI is InChI=1S/C19H38N4O.HI/c1-4-19(10-5-6-11-19)16-21-18(20-2)22-17-8-13-23(14-9-17)12-7-15-24-3;/h17H,4-16H2,1-3H3,(H2,20,21,22);1H. The van der Waals surface area contributed by atoms with E-state index in [-0.39, 0.29) is 24.0 Å². The second-order valence-electron chi connectivity index (χ2n) is 7.59. The minimum Gasteiger partial charge on any atom is -0.385 e. The molecule has 0 spiro atoms. The predicted molar refractivity (Wildman–Crippen MR) is 117 cm³/mol. The second kappa shape index (κ2) is 12.3. The zero-order valence-corrected chi connectivity index (χ0v) is 18.8. The van der Waals surface area contributed by atoms with Crippen molar-refractivity contribution in [3.63, 3.8) is 0 Å². The fourth-order valence-corrected chi connectivity index (χ4v) is 4.17. The molecule has 0 amide bonds. The molecule has 5 nitrogen and oxygen atoms in total. The van der Waals surface area contributed by atoms with Crippen LogP contribution in [0, 0.1) is 5.41 Å². The molecule has 2 aliphatic rings. The van der Waals surface area contributed by atoms with Gasteiger partial charge in [0.05, 0.1) is 0 Å². The Bertz CT molecular complexity index is 378. The molecule has 148 valence electrons. The summed E-state index contributed by atoms with van der Waals surface area (Å²) in [5, 5.41) is 7.26. The first kappa shape index (κ1) is 23.0. The van der Waals surface area contributed by atoms with E-state index in [1.165, 1.54) is 58.0 Å². The number of hydrogen-bond donors (Lipinski definition) is 2. The Labute approximate surface area is 171 Å². The van der Waals surface area contributed by atoms with Crippen LogP contribution in [-0.2, 0) is 4.74 Å². The highest BCUT2D eigenvalue weighted by Gasteiger charge is 2.32. The zero-order valence-electron chi connectivity index (χ0n) is 16.5. The van der Waals surface area contributed by atoms with Crippen LogP contribution >= 0.6 is 24.0 Å². The van der Waals surface area contributed by atoms with Crippen molar-refractivity contribution >= 4 is 29.9 Å². The smallest absolute Gasteiger partial charge is 0.191 e. The van der Waals surface area contributed by atoms with Crippen molar-refractivity contribution in [2.75, 3.05) is 46.9 Å². The van der Waals surface area contributed by atoms with E-state index in [2.05, 4.69) is 27.4 Å². The summed E-state index contributed by atoms with van der Waals surface area (Å²) in [7, 11) is 3.67. The van der Waals surface area contributed by atoms with E-state index in [9.17, 15) is 0 Å². The molecular weight excluding hydrogens is 427 g/mol. The molecule has 6 heteroatoms. The third-order valence-corrected chi connectivity index (χ3v) is 6.02. The highest BCUT2D eigenvalue weighted by molar-refractivity contribution is 14.0. The maximum Gasteiger partial charge on any atom is 0.191 e. The molecule has 25 heavy (non-hydrogen) atoms. The number of hydrogen-bond acceptors (Lipinski definition) is 3. The van der Waals surface area contributed by atoms with Gasteiger partial charge in [0.2, 0.25) is 0 Å². The van der Waals surface area contributed by atoms with Crippen molar-refractivity contribution < 1.29 is 4.74 Å². The Hall–Kier alpha value is -0.0800. The quantitative estimate of drug-likeness (QED) is 0.250. The van der Waals surface area contributed by atoms with Crippen molar-refractivity contribution in [1.82, 2.24) is 15.5 Å². The molecule has 1 saturated carbocycles. The lowest BCUT2D eigenvalue weighted by Crippen LogP contribution is -2.50. The number of nitrogens with one attached hydrogen (secondary N) is 2. The molecule has 2 rings (SSSR count). The molecule has 1 aliphatic carbocycles. The monoisotopic (exact) mass is 466 g/mol. The molecule has 0 aromatic heterocycles. The molecular formula is C19H39IN4O. The third kappa shape index (κ3) is 7.59. The van der Waals surface area contributed by atoms with Crippen LogP contribution in [0.15, 0.2) is 4.99 Å². The fraction of sp³-hybridized carbons (Fsp3) is 0.947. The Morgan fingerprint density at radius 3 is 2.48 bits per heavy atom. The minimum atomic E-state index is 0. The molecule has 1 heterocycles. The molecule has 1 aliphatic heterocycles. The lowest BCUT2D eigenvalue weighted by molar-refractivity contribution is 0.155. The van der Waals surface area contributed by atoms with E-state index in [0.29, 0.717) is 11.5 Å². The maximum absolute atomic E-state index is 5.14. The summed E-state index contributed by atoms with van der Waals surface area (Å²) in [6, 6.07) is 0.552. The van der Waals surface area contributed by atoms with Crippen molar-refractivity contribution in [3.8, 4) is 0 Å². The molecule has 1 saturated heterocycles. The van der Waals surface area contributed by atoms with Crippen LogP contribution in [0.3, 0.4) is 0 Å². The van der Waals surface area contributed by atoms with Gasteiger partial charge in [-0.2, -0.15) is 0 Å². The topological polar surface area (TPSA) is 48.9 Å². The van der Waals surface area contributed by atoms with E-state index in [1.807, 2.05) is 7.05 Å². The minimum absolute atomic E-state index is 0. The molecule has 0 unspecified atom stereocenters. The van der Waals surface area contributed by atoms with E-state index in [0.717, 1.165) is 32.1 Å². The first-order valence-electron chi connectivity index (χ1n) is 9.90. The number of ether oxygens (including phenoxy) is 1. The normalized spacial score (nSPS) is 21.8. The van der Waals surface area contributed by atoms with Crippen molar-refractivity contribution in [1.29, 1.82) is 0 Å².